The van der Waals surface area contributed by atoms with Crippen molar-refractivity contribution in [1.29, 1.82) is 0 Å². The Hall–Kier alpha value is -2.50. The van der Waals surface area contributed by atoms with E-state index < -0.39 is 43.3 Å². The van der Waals surface area contributed by atoms with Gasteiger partial charge in [0.1, 0.15) is 6.61 Å². The lowest BCUT2D eigenvalue weighted by atomic mass is 10.2. The largest absolute Gasteiger partial charge is 0.462 e. The van der Waals surface area contributed by atoms with Crippen LogP contribution in [0.3, 0.4) is 0 Å². The fourth-order valence-corrected chi connectivity index (χ4v) is 1.86. The molecule has 0 fully saturated rings. The summed E-state index contributed by atoms with van der Waals surface area (Å²) in [6.45, 7) is -0.378. The number of para-hydroxylation sites is 1. The molecule has 2 amide bonds. The maximum Gasteiger partial charge on any atom is 0.448 e. The summed E-state index contributed by atoms with van der Waals surface area (Å²) < 4.78 is 85.6. The lowest BCUT2D eigenvalue weighted by Crippen LogP contribution is -2.67. The van der Waals surface area contributed by atoms with Crippen LogP contribution < -0.4 is 10.6 Å². The highest BCUT2D eigenvalue weighted by Gasteiger charge is 2.66. The third-order valence-corrected chi connectivity index (χ3v) is 3.10. The van der Waals surface area contributed by atoms with Gasteiger partial charge in [-0.15, -0.1) is 0 Å². The van der Waals surface area contributed by atoms with Crippen LogP contribution in [0.15, 0.2) is 24.3 Å². The predicted molar refractivity (Wildman–Crippen MR) is 80.8 cm³/mol. The van der Waals surface area contributed by atoms with Crippen molar-refractivity contribution < 1.29 is 45.4 Å². The molecule has 1 aromatic rings. The number of carbonyl (C=O) groups excluding carboxylic acids is 2. The Labute approximate surface area is 149 Å². The highest BCUT2D eigenvalue weighted by Crippen LogP contribution is 2.34. The molecule has 1 unspecified atom stereocenters. The van der Waals surface area contributed by atoms with E-state index in [-0.39, 0.29) is 5.69 Å². The molecular formula is C15H16F6N2O4. The zero-order chi connectivity index (χ0) is 20.9. The summed E-state index contributed by atoms with van der Waals surface area (Å²) >= 11 is 0. The van der Waals surface area contributed by atoms with E-state index in [0.29, 0.717) is 5.56 Å². The molecule has 0 spiro atoms. The second-order valence-electron chi connectivity index (χ2n) is 5.20. The zero-order valence-corrected chi connectivity index (χ0v) is 14.1. The molecular weight excluding hydrogens is 386 g/mol. The number of anilines is 1. The van der Waals surface area contributed by atoms with E-state index in [0.717, 1.165) is 12.2 Å². The zero-order valence-electron chi connectivity index (χ0n) is 14.1. The van der Waals surface area contributed by atoms with Gasteiger partial charge >= 0.3 is 30.1 Å². The average Bonchev–Trinajstić information content (AvgIpc) is 2.51. The molecule has 0 saturated carbocycles. The van der Waals surface area contributed by atoms with E-state index in [2.05, 4.69) is 9.47 Å². The second-order valence-corrected chi connectivity index (χ2v) is 5.20. The van der Waals surface area contributed by atoms with Gasteiger partial charge in [-0.25, -0.2) is 9.59 Å². The standard InChI is InChI=1S/C15H16F6N2O4/c1-3-26-11(24)14(15(19,20)21,27-8-13(16,17)18)23-12(25)22-10-7-5-4-6-9(10)2/h4-7H,3,8H2,1-2H3,(H2,22,23,25). The first-order valence-electron chi connectivity index (χ1n) is 7.42. The van der Waals surface area contributed by atoms with Gasteiger partial charge in [0.2, 0.25) is 0 Å². The van der Waals surface area contributed by atoms with E-state index in [9.17, 15) is 35.9 Å². The first-order chi connectivity index (χ1) is 12.3. The second kappa shape index (κ2) is 8.46. The quantitative estimate of drug-likeness (QED) is 0.434. The topological polar surface area (TPSA) is 76.7 Å². The number of hydrogen-bond acceptors (Lipinski definition) is 4. The van der Waals surface area contributed by atoms with Gasteiger partial charge in [0.15, 0.2) is 0 Å². The molecule has 0 aliphatic rings. The van der Waals surface area contributed by atoms with Crippen molar-refractivity contribution in [3.63, 3.8) is 0 Å². The van der Waals surface area contributed by atoms with E-state index in [1.165, 1.54) is 25.1 Å². The molecule has 0 heterocycles. The van der Waals surface area contributed by atoms with Gasteiger partial charge in [0.25, 0.3) is 0 Å². The highest BCUT2D eigenvalue weighted by molar-refractivity contribution is 5.94. The number of carbonyl (C=O) groups is 2. The van der Waals surface area contributed by atoms with Gasteiger partial charge in [0, 0.05) is 5.69 Å². The maximum atomic E-state index is 13.5. The lowest BCUT2D eigenvalue weighted by molar-refractivity contribution is -0.305. The van der Waals surface area contributed by atoms with Crippen LogP contribution in [0.4, 0.5) is 36.8 Å². The number of ether oxygens (including phenoxy) is 2. The number of aryl methyl sites for hydroxylation is 1. The predicted octanol–water partition coefficient (Wildman–Crippen LogP) is 3.52. The number of amides is 2. The van der Waals surface area contributed by atoms with E-state index in [1.807, 2.05) is 5.32 Å². The van der Waals surface area contributed by atoms with Crippen molar-refractivity contribution in [1.82, 2.24) is 5.32 Å². The van der Waals surface area contributed by atoms with Crippen LogP contribution in [-0.2, 0) is 14.3 Å². The van der Waals surface area contributed by atoms with Crippen molar-refractivity contribution in [2.75, 3.05) is 18.5 Å². The summed E-state index contributed by atoms with van der Waals surface area (Å²) in [6.07, 6.45) is -10.9. The van der Waals surface area contributed by atoms with Gasteiger partial charge < -0.3 is 14.8 Å². The van der Waals surface area contributed by atoms with Crippen molar-refractivity contribution in [2.24, 2.45) is 0 Å². The minimum Gasteiger partial charge on any atom is -0.462 e. The van der Waals surface area contributed by atoms with Gasteiger partial charge in [-0.3, -0.25) is 5.32 Å². The fraction of sp³-hybridized carbons (Fsp3) is 0.467. The van der Waals surface area contributed by atoms with Crippen molar-refractivity contribution in [2.45, 2.75) is 31.9 Å². The number of rotatable bonds is 6. The molecule has 1 rings (SSSR count). The number of urea groups is 1. The number of hydrogen-bond donors (Lipinski definition) is 2. The van der Waals surface area contributed by atoms with Crippen molar-refractivity contribution >= 4 is 17.7 Å². The Morgan fingerprint density at radius 2 is 1.67 bits per heavy atom. The number of benzene rings is 1. The van der Waals surface area contributed by atoms with Crippen molar-refractivity contribution in [3.05, 3.63) is 29.8 Å². The van der Waals surface area contributed by atoms with Crippen LogP contribution in [0.1, 0.15) is 12.5 Å². The number of esters is 1. The Morgan fingerprint density at radius 3 is 2.15 bits per heavy atom. The number of halogens is 6. The molecule has 0 bridgehead atoms. The lowest BCUT2D eigenvalue weighted by Gasteiger charge is -2.33. The average molecular weight is 402 g/mol. The van der Waals surface area contributed by atoms with Gasteiger partial charge in [-0.2, -0.15) is 26.3 Å². The molecule has 12 heteroatoms. The number of nitrogens with one attached hydrogen (secondary N) is 2. The normalized spacial score (nSPS) is 14.2. The summed E-state index contributed by atoms with van der Waals surface area (Å²) in [7, 11) is 0. The Morgan fingerprint density at radius 1 is 1.07 bits per heavy atom. The minimum absolute atomic E-state index is 0.0748. The first-order valence-corrected chi connectivity index (χ1v) is 7.42. The summed E-state index contributed by atoms with van der Waals surface area (Å²) in [4.78, 5) is 23.8. The van der Waals surface area contributed by atoms with Crippen LogP contribution >= 0.6 is 0 Å². The van der Waals surface area contributed by atoms with Gasteiger partial charge in [-0.05, 0) is 25.5 Å². The minimum atomic E-state index is -5.74. The molecule has 6 nitrogen and oxygen atoms in total. The molecule has 1 aromatic carbocycles. The third kappa shape index (κ3) is 6.01. The maximum absolute atomic E-state index is 13.5. The highest BCUT2D eigenvalue weighted by atomic mass is 19.4. The molecule has 27 heavy (non-hydrogen) atoms. The molecule has 2 N–H and O–H groups in total. The summed E-state index contributed by atoms with van der Waals surface area (Å²) in [5.74, 6) is -2.23. The Kier molecular flexibility index (Phi) is 7.06. The van der Waals surface area contributed by atoms with Gasteiger partial charge in [-0.1, -0.05) is 18.2 Å². The van der Waals surface area contributed by atoms with E-state index >= 15 is 0 Å². The first kappa shape index (κ1) is 22.5. The SMILES string of the molecule is CCOC(=O)C(NC(=O)Nc1ccccc1C)(OCC(F)(F)F)C(F)(F)F. The van der Waals surface area contributed by atoms with Gasteiger partial charge in [0.05, 0.1) is 6.61 Å². The van der Waals surface area contributed by atoms with Crippen LogP contribution in [0.5, 0.6) is 0 Å². The molecule has 0 aromatic heterocycles. The molecule has 0 aliphatic carbocycles. The van der Waals surface area contributed by atoms with Crippen LogP contribution in [0.2, 0.25) is 0 Å². The monoisotopic (exact) mass is 402 g/mol. The number of alkyl halides is 6. The summed E-state index contributed by atoms with van der Waals surface area (Å²) in [5.41, 5.74) is -3.81. The van der Waals surface area contributed by atoms with E-state index in [4.69, 9.17) is 0 Å². The Bertz CT molecular complexity index is 677. The summed E-state index contributed by atoms with van der Waals surface area (Å²) in [5, 5.41) is 3.14. The molecule has 0 aliphatic heterocycles. The van der Waals surface area contributed by atoms with Crippen LogP contribution in [0.25, 0.3) is 0 Å². The van der Waals surface area contributed by atoms with E-state index in [1.54, 1.807) is 6.07 Å². The van der Waals surface area contributed by atoms with Crippen molar-refractivity contribution in [3.8, 4) is 0 Å². The molecule has 1 atom stereocenters. The Balaban J connectivity index is 3.19. The smallest absolute Gasteiger partial charge is 0.448 e. The third-order valence-electron chi connectivity index (χ3n) is 3.10. The molecule has 152 valence electrons. The molecule has 0 saturated heterocycles. The van der Waals surface area contributed by atoms with Crippen LogP contribution in [0, 0.1) is 6.92 Å². The summed E-state index contributed by atoms with van der Waals surface area (Å²) in [6, 6.07) is 4.30. The fourth-order valence-electron chi connectivity index (χ4n) is 1.86. The molecule has 0 radical (unpaired) electrons. The van der Waals surface area contributed by atoms with Crippen LogP contribution in [-0.4, -0.2) is 43.3 Å².